The molecule has 3 aliphatic rings. The van der Waals surface area contributed by atoms with Crippen LogP contribution in [0.2, 0.25) is 0 Å². The first kappa shape index (κ1) is 55.6. The number of benzene rings is 9. The zero-order valence-corrected chi connectivity index (χ0v) is 50.6. The van der Waals surface area contributed by atoms with Gasteiger partial charge in [0.1, 0.15) is 0 Å². The van der Waals surface area contributed by atoms with E-state index >= 15 is 0 Å². The average molecular weight is 1100 g/mol. The Labute approximate surface area is 502 Å². The van der Waals surface area contributed by atoms with E-state index in [0.29, 0.717) is 0 Å². The lowest BCUT2D eigenvalue weighted by atomic mass is 9.70. The van der Waals surface area contributed by atoms with Gasteiger partial charge in [-0.3, -0.25) is 0 Å². The Hall–Kier alpha value is -7.61. The summed E-state index contributed by atoms with van der Waals surface area (Å²) in [6.07, 6.45) is 24.8. The Bertz CT molecular complexity index is 3830. The van der Waals surface area contributed by atoms with Crippen LogP contribution in [0.25, 0.3) is 88.9 Å². The van der Waals surface area contributed by atoms with Gasteiger partial charge in [-0.15, -0.1) is 0 Å². The van der Waals surface area contributed by atoms with E-state index in [9.17, 15) is 0 Å². The molecule has 0 unspecified atom stereocenters. The van der Waals surface area contributed by atoms with Gasteiger partial charge in [0.05, 0.1) is 16.6 Å². The molecule has 3 aliphatic carbocycles. The lowest BCUT2D eigenvalue weighted by Gasteiger charge is -2.33. The van der Waals surface area contributed by atoms with E-state index in [1.54, 1.807) is 0 Å². The van der Waals surface area contributed by atoms with Gasteiger partial charge in [-0.25, -0.2) is 4.98 Å². The minimum atomic E-state index is -0.399. The molecule has 1 heteroatoms. The first-order valence-electron chi connectivity index (χ1n) is 32.8. The van der Waals surface area contributed by atoms with Gasteiger partial charge in [0.25, 0.3) is 0 Å². The number of pyridine rings is 1. The Morgan fingerprint density at radius 2 is 0.702 bits per heavy atom. The second kappa shape index (κ2) is 24.5. The highest BCUT2D eigenvalue weighted by molar-refractivity contribution is 6.03. The Morgan fingerprint density at radius 3 is 1.21 bits per heavy atom. The number of aromatic nitrogens is 1. The first-order chi connectivity index (χ1) is 41.5. The van der Waals surface area contributed by atoms with E-state index in [0.717, 1.165) is 29.6 Å². The summed E-state index contributed by atoms with van der Waals surface area (Å²) in [7, 11) is 0. The summed E-state index contributed by atoms with van der Waals surface area (Å²) in [6, 6.07) is 78.5. The Morgan fingerprint density at radius 1 is 0.286 bits per heavy atom. The molecule has 10 aromatic rings. The first-order valence-corrected chi connectivity index (χ1v) is 32.8. The molecular formula is C83H85N. The van der Waals surface area contributed by atoms with E-state index in [2.05, 4.69) is 228 Å². The number of nitrogens with zero attached hydrogens (tertiary/aromatic N) is 1. The van der Waals surface area contributed by atoms with Crippen molar-refractivity contribution in [3.63, 3.8) is 0 Å². The summed E-state index contributed by atoms with van der Waals surface area (Å²) in [5, 5.41) is 1.22. The third kappa shape index (κ3) is 10.1. The van der Waals surface area contributed by atoms with E-state index < -0.39 is 5.41 Å². The monoisotopic (exact) mass is 1100 g/mol. The molecule has 1 heterocycles. The molecular weight excluding hydrogens is 1010 g/mol. The average Bonchev–Trinajstić information content (AvgIpc) is 1.57. The van der Waals surface area contributed by atoms with E-state index in [1.165, 1.54) is 232 Å². The summed E-state index contributed by atoms with van der Waals surface area (Å²) in [4.78, 5) is 5.95. The van der Waals surface area contributed by atoms with Gasteiger partial charge in [-0.1, -0.05) is 275 Å². The van der Waals surface area contributed by atoms with Crippen molar-refractivity contribution in [1.82, 2.24) is 4.98 Å². The number of hydrogen-bond acceptors (Lipinski definition) is 1. The molecule has 13 rings (SSSR count). The maximum atomic E-state index is 5.95. The van der Waals surface area contributed by atoms with E-state index in [4.69, 9.17) is 4.98 Å². The van der Waals surface area contributed by atoms with Crippen LogP contribution in [0, 0.1) is 0 Å². The van der Waals surface area contributed by atoms with Gasteiger partial charge in [0.15, 0.2) is 0 Å². The third-order valence-electron chi connectivity index (χ3n) is 19.9. The largest absolute Gasteiger partial charge is 0.248 e. The van der Waals surface area contributed by atoms with E-state index in [1.807, 2.05) is 0 Å². The number of fused-ring (bicyclic) bond motifs is 14. The fourth-order valence-corrected chi connectivity index (χ4v) is 15.5. The minimum absolute atomic E-state index is 0.0592. The number of hydrogen-bond donors (Lipinski definition) is 0. The molecule has 84 heavy (non-hydrogen) atoms. The molecule has 0 saturated carbocycles. The highest BCUT2D eigenvalue weighted by Crippen LogP contribution is 2.63. The summed E-state index contributed by atoms with van der Waals surface area (Å²) >= 11 is 0. The van der Waals surface area contributed by atoms with Crippen molar-refractivity contribution in [2.45, 2.75) is 167 Å². The highest BCUT2D eigenvalue weighted by Gasteiger charge is 2.51. The SMILES string of the molecule is CCCCCCc1ccc(-c2cc(-c3ccc(CCCCCC)cc3)cc(-c3cc(-c4ccc5c(c4)-c4ccccc4C54c5ccccc5-c5ccccc54)nc4cc5c(cc34)-c3ccccc3C5(CCCCCC)CCCCCC)c2)cc1. The zero-order chi connectivity index (χ0) is 57.0. The molecule has 0 saturated heterocycles. The normalized spacial score (nSPS) is 13.7. The molecule has 0 radical (unpaired) electrons. The van der Waals surface area contributed by atoms with Gasteiger partial charge in [0.2, 0.25) is 0 Å². The summed E-state index contributed by atoms with van der Waals surface area (Å²) in [5.41, 5.74) is 29.7. The quantitative estimate of drug-likeness (QED) is 0.0550. The van der Waals surface area contributed by atoms with Gasteiger partial charge < -0.3 is 0 Å². The molecule has 1 nitrogen and oxygen atoms in total. The molecule has 0 atom stereocenters. The standard InChI is InChI=1S/C83H85N/c1-5-9-13-17-29-58-39-43-60(44-40-58)63-51-64(61-45-41-59(42-46-61)30-18-14-10-6-2)53-65(52-63)70-56-80(84-81-57-79-72(55-73(70)81)68-33-19-23-35-74(68)82(79,49-27-15-11-7-3)50-28-16-12-8-4)62-47-48-78-71(54-62)69-34-22-26-38-77(69)83(78)75-36-24-20-31-66(75)67-32-21-25-37-76(67)83/h19-26,31-48,51-57H,5-18,27-30,49-50H2,1-4H3. The van der Waals surface area contributed by atoms with Crippen molar-refractivity contribution in [2.24, 2.45) is 0 Å². The maximum absolute atomic E-state index is 5.95. The van der Waals surface area contributed by atoms with Crippen molar-refractivity contribution in [3.05, 3.63) is 245 Å². The highest BCUT2D eigenvalue weighted by atomic mass is 14.7. The second-order valence-electron chi connectivity index (χ2n) is 25.2. The molecule has 1 aromatic heterocycles. The van der Waals surface area contributed by atoms with Crippen LogP contribution < -0.4 is 0 Å². The maximum Gasteiger partial charge on any atom is 0.0725 e. The number of aryl methyl sites for hydroxylation is 2. The van der Waals surface area contributed by atoms with Crippen LogP contribution in [-0.2, 0) is 23.7 Å². The Kier molecular flexibility index (Phi) is 16.2. The summed E-state index contributed by atoms with van der Waals surface area (Å²) < 4.78 is 0. The summed E-state index contributed by atoms with van der Waals surface area (Å²) in [6.45, 7) is 9.28. The molecule has 0 bridgehead atoms. The predicted molar refractivity (Wildman–Crippen MR) is 359 cm³/mol. The van der Waals surface area contributed by atoms with Crippen molar-refractivity contribution < 1.29 is 0 Å². The van der Waals surface area contributed by atoms with E-state index in [-0.39, 0.29) is 5.41 Å². The van der Waals surface area contributed by atoms with Crippen LogP contribution in [0.5, 0.6) is 0 Å². The van der Waals surface area contributed by atoms with Gasteiger partial charge >= 0.3 is 0 Å². The van der Waals surface area contributed by atoms with Crippen molar-refractivity contribution in [1.29, 1.82) is 0 Å². The van der Waals surface area contributed by atoms with Crippen molar-refractivity contribution in [3.8, 4) is 78.0 Å². The molecule has 0 fully saturated rings. The van der Waals surface area contributed by atoms with Gasteiger partial charge in [0, 0.05) is 16.4 Å². The minimum Gasteiger partial charge on any atom is -0.248 e. The lowest BCUT2D eigenvalue weighted by Crippen LogP contribution is -2.25. The number of rotatable bonds is 24. The molecule has 0 aliphatic heterocycles. The zero-order valence-electron chi connectivity index (χ0n) is 50.6. The number of unbranched alkanes of at least 4 members (excludes halogenated alkanes) is 12. The van der Waals surface area contributed by atoms with Gasteiger partial charge in [-0.2, -0.15) is 0 Å². The molecule has 1 spiro atoms. The van der Waals surface area contributed by atoms with Crippen LogP contribution in [0.3, 0.4) is 0 Å². The van der Waals surface area contributed by atoms with Crippen LogP contribution in [0.1, 0.15) is 188 Å². The fraction of sp³-hybridized carbons (Fsp3) is 0.313. The molecule has 0 N–H and O–H groups in total. The topological polar surface area (TPSA) is 12.9 Å². The van der Waals surface area contributed by atoms with Crippen LogP contribution >= 0.6 is 0 Å². The third-order valence-corrected chi connectivity index (χ3v) is 19.9. The second-order valence-corrected chi connectivity index (χ2v) is 25.2. The molecule has 0 amide bonds. The Balaban J connectivity index is 1.02. The molecule has 422 valence electrons. The fourth-order valence-electron chi connectivity index (χ4n) is 15.5. The lowest BCUT2D eigenvalue weighted by molar-refractivity contribution is 0.401. The van der Waals surface area contributed by atoms with Crippen molar-refractivity contribution in [2.75, 3.05) is 0 Å². The van der Waals surface area contributed by atoms with Crippen LogP contribution in [0.4, 0.5) is 0 Å². The molecule has 9 aromatic carbocycles. The van der Waals surface area contributed by atoms with Crippen LogP contribution in [-0.4, -0.2) is 4.98 Å². The van der Waals surface area contributed by atoms with Crippen LogP contribution in [0.15, 0.2) is 200 Å². The van der Waals surface area contributed by atoms with Crippen molar-refractivity contribution >= 4 is 10.9 Å². The predicted octanol–water partition coefficient (Wildman–Crippen LogP) is 23.7. The van der Waals surface area contributed by atoms with Gasteiger partial charge in [-0.05, 0) is 192 Å². The summed E-state index contributed by atoms with van der Waals surface area (Å²) in [5.74, 6) is 0. The smallest absolute Gasteiger partial charge is 0.0725 e.